The fourth-order valence-electron chi connectivity index (χ4n) is 2.77. The lowest BCUT2D eigenvalue weighted by Crippen LogP contribution is -2.18. The highest BCUT2D eigenvalue weighted by atomic mass is 32.2. The van der Waals surface area contributed by atoms with E-state index in [9.17, 15) is 4.79 Å². The van der Waals surface area contributed by atoms with Gasteiger partial charge in [0.15, 0.2) is 5.65 Å². The van der Waals surface area contributed by atoms with Gasteiger partial charge in [0.25, 0.3) is 5.56 Å². The first kappa shape index (κ1) is 17.4. The van der Waals surface area contributed by atoms with Crippen LogP contribution in [0, 0.1) is 0 Å². The molecule has 1 atom stereocenters. The third-order valence-corrected chi connectivity index (χ3v) is 5.19. The minimum Gasteiger partial charge on any atom is -0.355 e. The Hall–Kier alpha value is -3.06. The van der Waals surface area contributed by atoms with E-state index in [0.717, 1.165) is 5.69 Å². The van der Waals surface area contributed by atoms with Gasteiger partial charge in [0.05, 0.1) is 11.9 Å². The Morgan fingerprint density at radius 2 is 1.81 bits per heavy atom. The molecule has 0 fully saturated rings. The minimum absolute atomic E-state index is 0.201. The molecule has 2 aromatic carbocycles. The number of para-hydroxylation sites is 1. The van der Waals surface area contributed by atoms with Crippen molar-refractivity contribution >= 4 is 28.7 Å². The summed E-state index contributed by atoms with van der Waals surface area (Å²) >= 11 is 1.77. The molecule has 0 radical (unpaired) electrons. The number of nitrogens with zero attached hydrogens (tertiary/aromatic N) is 3. The molecule has 0 aliphatic heterocycles. The molecule has 4 rings (SSSR count). The Balaban J connectivity index is 1.55. The first-order chi connectivity index (χ1) is 13.2. The van der Waals surface area contributed by atoms with Crippen LogP contribution in [0.3, 0.4) is 0 Å². The zero-order chi connectivity index (χ0) is 18.6. The molecule has 0 aliphatic carbocycles. The summed E-state index contributed by atoms with van der Waals surface area (Å²) in [6.45, 7) is 2.81. The maximum atomic E-state index is 12.4. The maximum absolute atomic E-state index is 12.4. The Labute approximate surface area is 160 Å². The lowest BCUT2D eigenvalue weighted by Gasteiger charge is -2.13. The van der Waals surface area contributed by atoms with Crippen molar-refractivity contribution in [2.24, 2.45) is 0 Å². The van der Waals surface area contributed by atoms with Crippen LogP contribution in [0.25, 0.3) is 16.7 Å². The number of hydrogen-bond acceptors (Lipinski definition) is 5. The third kappa shape index (κ3) is 3.88. The van der Waals surface area contributed by atoms with E-state index >= 15 is 0 Å². The van der Waals surface area contributed by atoms with Crippen LogP contribution in [0.15, 0.2) is 76.6 Å². The van der Waals surface area contributed by atoms with Crippen LogP contribution < -0.4 is 10.9 Å². The van der Waals surface area contributed by atoms with Crippen LogP contribution in [0.1, 0.15) is 6.92 Å². The van der Waals surface area contributed by atoms with Crippen molar-refractivity contribution in [1.29, 1.82) is 0 Å². The second kappa shape index (κ2) is 7.67. The molecule has 6 nitrogen and oxygen atoms in total. The molecule has 2 aromatic heterocycles. The van der Waals surface area contributed by atoms with Gasteiger partial charge in [0, 0.05) is 16.7 Å². The third-order valence-electron chi connectivity index (χ3n) is 4.08. The first-order valence-corrected chi connectivity index (χ1v) is 9.58. The molecule has 7 heteroatoms. The maximum Gasteiger partial charge on any atom is 0.263 e. The van der Waals surface area contributed by atoms with Gasteiger partial charge in [-0.3, -0.25) is 9.78 Å². The number of rotatable bonds is 6. The number of anilines is 1. The highest BCUT2D eigenvalue weighted by molar-refractivity contribution is 8.00. The van der Waals surface area contributed by atoms with E-state index in [1.807, 2.05) is 48.5 Å². The minimum atomic E-state index is -0.201. The van der Waals surface area contributed by atoms with Crippen molar-refractivity contribution < 1.29 is 0 Å². The highest BCUT2D eigenvalue weighted by Gasteiger charge is 2.12. The number of H-pyrrole nitrogens is 1. The topological polar surface area (TPSA) is 75.6 Å². The zero-order valence-corrected chi connectivity index (χ0v) is 15.6. The molecule has 0 aliphatic rings. The smallest absolute Gasteiger partial charge is 0.263 e. The van der Waals surface area contributed by atoms with Crippen molar-refractivity contribution in [1.82, 2.24) is 19.7 Å². The van der Waals surface area contributed by atoms with Gasteiger partial charge in [0.2, 0.25) is 5.95 Å². The van der Waals surface area contributed by atoms with E-state index in [2.05, 4.69) is 39.4 Å². The molecule has 2 N–H and O–H groups in total. The van der Waals surface area contributed by atoms with Crippen molar-refractivity contribution in [3.63, 3.8) is 0 Å². The number of benzene rings is 2. The molecular formula is C20H19N5OS. The van der Waals surface area contributed by atoms with E-state index in [-0.39, 0.29) is 5.56 Å². The predicted octanol–water partition coefficient (Wildman–Crippen LogP) is 3.70. The van der Waals surface area contributed by atoms with E-state index in [1.165, 1.54) is 4.90 Å². The lowest BCUT2D eigenvalue weighted by molar-refractivity contribution is 0.892. The monoisotopic (exact) mass is 377 g/mol. The van der Waals surface area contributed by atoms with Crippen LogP contribution in [0.4, 0.5) is 5.95 Å². The standard InChI is InChI=1S/C20H19N5OS/c1-14(27-16-10-6-3-7-11-16)12-21-20-23-18-17(19(26)24-20)13-22-25(18)15-8-4-2-5-9-15/h2-11,13-14H,12H2,1H3,(H2,21,23,24,26). The number of hydrogen-bond donors (Lipinski definition) is 2. The van der Waals surface area contributed by atoms with Gasteiger partial charge in [0.1, 0.15) is 5.39 Å². The van der Waals surface area contributed by atoms with Gasteiger partial charge >= 0.3 is 0 Å². The Kier molecular flexibility index (Phi) is 4.93. The van der Waals surface area contributed by atoms with Crippen molar-refractivity contribution in [3.05, 3.63) is 77.2 Å². The molecule has 0 saturated heterocycles. The number of nitrogens with one attached hydrogen (secondary N) is 2. The number of fused-ring (bicyclic) bond motifs is 1. The van der Waals surface area contributed by atoms with Crippen LogP contribution in [0.5, 0.6) is 0 Å². The number of aromatic amines is 1. The van der Waals surface area contributed by atoms with E-state index in [4.69, 9.17) is 0 Å². The highest BCUT2D eigenvalue weighted by Crippen LogP contribution is 2.22. The lowest BCUT2D eigenvalue weighted by atomic mass is 10.3. The Morgan fingerprint density at radius 3 is 2.56 bits per heavy atom. The molecule has 0 bridgehead atoms. The molecule has 4 aromatic rings. The summed E-state index contributed by atoms with van der Waals surface area (Å²) in [4.78, 5) is 21.0. The normalized spacial score (nSPS) is 12.2. The number of thioether (sulfide) groups is 1. The fraction of sp³-hybridized carbons (Fsp3) is 0.150. The molecule has 136 valence electrons. The summed E-state index contributed by atoms with van der Waals surface area (Å²) < 4.78 is 1.68. The van der Waals surface area contributed by atoms with Gasteiger partial charge in [-0.15, -0.1) is 11.8 Å². The average Bonchev–Trinajstić information content (AvgIpc) is 3.12. The summed E-state index contributed by atoms with van der Waals surface area (Å²) in [6.07, 6.45) is 1.55. The van der Waals surface area contributed by atoms with Gasteiger partial charge in [-0.1, -0.05) is 43.3 Å². The van der Waals surface area contributed by atoms with Gasteiger partial charge in [-0.2, -0.15) is 10.1 Å². The van der Waals surface area contributed by atoms with E-state index < -0.39 is 0 Å². The summed E-state index contributed by atoms with van der Waals surface area (Å²) in [7, 11) is 0. The first-order valence-electron chi connectivity index (χ1n) is 8.70. The molecule has 0 spiro atoms. The largest absolute Gasteiger partial charge is 0.355 e. The van der Waals surface area contributed by atoms with Crippen LogP contribution >= 0.6 is 11.8 Å². The summed E-state index contributed by atoms with van der Waals surface area (Å²) in [5.74, 6) is 0.450. The summed E-state index contributed by atoms with van der Waals surface area (Å²) in [6, 6.07) is 19.9. The number of aromatic nitrogens is 4. The molecule has 0 saturated carbocycles. The van der Waals surface area contributed by atoms with E-state index in [1.54, 1.807) is 22.6 Å². The SMILES string of the molecule is CC(CNc1nc2c(cnn2-c2ccccc2)c(=O)[nH]1)Sc1ccccc1. The molecule has 1 unspecified atom stereocenters. The summed E-state index contributed by atoms with van der Waals surface area (Å²) in [5.41, 5.74) is 1.20. The quantitative estimate of drug-likeness (QED) is 0.501. The second-order valence-corrected chi connectivity index (χ2v) is 7.68. The van der Waals surface area contributed by atoms with Crippen LogP contribution in [-0.2, 0) is 0 Å². The van der Waals surface area contributed by atoms with Crippen LogP contribution in [-0.4, -0.2) is 31.5 Å². The Bertz CT molecular complexity index is 1090. The molecule has 27 heavy (non-hydrogen) atoms. The van der Waals surface area contributed by atoms with Crippen molar-refractivity contribution in [2.45, 2.75) is 17.1 Å². The second-order valence-electron chi connectivity index (χ2n) is 6.17. The Morgan fingerprint density at radius 1 is 1.11 bits per heavy atom. The molecule has 0 amide bonds. The van der Waals surface area contributed by atoms with Crippen LogP contribution in [0.2, 0.25) is 0 Å². The molecular weight excluding hydrogens is 358 g/mol. The van der Waals surface area contributed by atoms with Gasteiger partial charge < -0.3 is 5.32 Å². The van der Waals surface area contributed by atoms with Gasteiger partial charge in [-0.25, -0.2) is 4.68 Å². The zero-order valence-electron chi connectivity index (χ0n) is 14.8. The molecule has 2 heterocycles. The van der Waals surface area contributed by atoms with Gasteiger partial charge in [-0.05, 0) is 24.3 Å². The van der Waals surface area contributed by atoms with Crippen molar-refractivity contribution in [2.75, 3.05) is 11.9 Å². The van der Waals surface area contributed by atoms with Crippen molar-refractivity contribution in [3.8, 4) is 5.69 Å². The predicted molar refractivity (Wildman–Crippen MR) is 110 cm³/mol. The summed E-state index contributed by atoms with van der Waals surface area (Å²) in [5, 5.41) is 8.34. The average molecular weight is 377 g/mol. The fourth-order valence-corrected chi connectivity index (χ4v) is 3.72. The van der Waals surface area contributed by atoms with E-state index in [0.29, 0.717) is 28.8 Å².